The maximum atomic E-state index is 12.3. The van der Waals surface area contributed by atoms with Crippen molar-refractivity contribution in [1.29, 1.82) is 0 Å². The van der Waals surface area contributed by atoms with Gasteiger partial charge in [0.05, 0.1) is 5.92 Å². The quantitative estimate of drug-likeness (QED) is 0.757. The molecule has 2 N–H and O–H groups in total. The molecule has 2 aliphatic rings. The highest BCUT2D eigenvalue weighted by atomic mass is 32.2. The molecule has 4 atom stereocenters. The minimum Gasteiger partial charge on any atom is -0.340 e. The maximum Gasteiger partial charge on any atom is 0.227 e. The lowest BCUT2D eigenvalue weighted by Crippen LogP contribution is -2.48. The number of nitrogens with zero attached hydrogens (tertiary/aromatic N) is 1. The second kappa shape index (κ2) is 4.96. The molecule has 16 heavy (non-hydrogen) atoms. The Kier molecular flexibility index (Phi) is 3.80. The second-order valence-electron chi connectivity index (χ2n) is 5.20. The number of carbonyl (C=O) groups is 1. The zero-order valence-corrected chi connectivity index (χ0v) is 11.0. The van der Waals surface area contributed by atoms with Crippen LogP contribution in [0.1, 0.15) is 33.1 Å². The van der Waals surface area contributed by atoms with Gasteiger partial charge in [0.15, 0.2) is 0 Å². The zero-order chi connectivity index (χ0) is 11.7. The minimum atomic E-state index is 0.0995. The molecule has 4 unspecified atom stereocenters. The van der Waals surface area contributed by atoms with Gasteiger partial charge in [-0.25, -0.2) is 0 Å². The van der Waals surface area contributed by atoms with Crippen LogP contribution in [0.4, 0.5) is 0 Å². The van der Waals surface area contributed by atoms with E-state index in [1.807, 2.05) is 16.7 Å². The standard InChI is InChI=1S/C12H22N2OS/c1-8-6-14(7-9(2)16-8)12(15)10-4-3-5-11(10)13/h8-11H,3-7,13H2,1-2H3. The Morgan fingerprint density at radius 3 is 2.38 bits per heavy atom. The van der Waals surface area contributed by atoms with Crippen LogP contribution in [0.25, 0.3) is 0 Å². The molecule has 0 bridgehead atoms. The highest BCUT2D eigenvalue weighted by molar-refractivity contribution is 8.00. The molecule has 1 heterocycles. The Bertz CT molecular complexity index is 262. The van der Waals surface area contributed by atoms with E-state index in [4.69, 9.17) is 5.73 Å². The minimum absolute atomic E-state index is 0.0995. The molecule has 0 aromatic heterocycles. The molecule has 2 fully saturated rings. The molecule has 0 aromatic rings. The van der Waals surface area contributed by atoms with Crippen LogP contribution in [0.5, 0.6) is 0 Å². The summed E-state index contributed by atoms with van der Waals surface area (Å²) >= 11 is 1.98. The molecular weight excluding hydrogens is 220 g/mol. The first-order valence-electron chi connectivity index (χ1n) is 6.27. The first-order valence-corrected chi connectivity index (χ1v) is 7.22. The fraction of sp³-hybridized carbons (Fsp3) is 0.917. The van der Waals surface area contributed by atoms with Crippen LogP contribution in [0.2, 0.25) is 0 Å². The molecule has 1 amide bonds. The molecule has 0 radical (unpaired) electrons. The van der Waals surface area contributed by atoms with Crippen LogP contribution in [0.15, 0.2) is 0 Å². The van der Waals surface area contributed by atoms with Gasteiger partial charge in [-0.05, 0) is 12.8 Å². The first-order chi connectivity index (χ1) is 7.58. The molecule has 0 spiro atoms. The summed E-state index contributed by atoms with van der Waals surface area (Å²) in [6.45, 7) is 6.21. The van der Waals surface area contributed by atoms with Crippen molar-refractivity contribution < 1.29 is 4.79 Å². The molecule has 2 rings (SSSR count). The van der Waals surface area contributed by atoms with E-state index < -0.39 is 0 Å². The third-order valence-electron chi connectivity index (χ3n) is 3.62. The van der Waals surface area contributed by atoms with Gasteiger partial charge in [-0.2, -0.15) is 11.8 Å². The number of hydrogen-bond donors (Lipinski definition) is 1. The van der Waals surface area contributed by atoms with Crippen molar-refractivity contribution in [3.8, 4) is 0 Å². The van der Waals surface area contributed by atoms with E-state index >= 15 is 0 Å². The number of thioether (sulfide) groups is 1. The van der Waals surface area contributed by atoms with Crippen LogP contribution in [0.3, 0.4) is 0 Å². The third kappa shape index (κ3) is 2.54. The number of amides is 1. The fourth-order valence-corrected chi connectivity index (χ4v) is 4.21. The summed E-state index contributed by atoms with van der Waals surface area (Å²) in [5.74, 6) is 0.409. The van der Waals surface area contributed by atoms with Crippen molar-refractivity contribution in [2.45, 2.75) is 49.7 Å². The predicted molar refractivity (Wildman–Crippen MR) is 68.4 cm³/mol. The lowest BCUT2D eigenvalue weighted by atomic mass is 10.0. The molecule has 1 aliphatic heterocycles. The van der Waals surface area contributed by atoms with Crippen molar-refractivity contribution in [1.82, 2.24) is 4.90 Å². The summed E-state index contributed by atoms with van der Waals surface area (Å²) in [6.07, 6.45) is 3.13. The molecule has 1 saturated carbocycles. The Labute approximate surface area is 102 Å². The van der Waals surface area contributed by atoms with Crippen LogP contribution >= 0.6 is 11.8 Å². The summed E-state index contributed by atoms with van der Waals surface area (Å²) in [5.41, 5.74) is 6.00. The highest BCUT2D eigenvalue weighted by Gasteiger charge is 2.35. The van der Waals surface area contributed by atoms with E-state index in [9.17, 15) is 4.79 Å². The molecular formula is C12H22N2OS. The first kappa shape index (κ1) is 12.2. The molecule has 1 saturated heterocycles. The fourth-order valence-electron chi connectivity index (χ4n) is 2.89. The summed E-state index contributed by atoms with van der Waals surface area (Å²) < 4.78 is 0. The Balaban J connectivity index is 1.98. The number of nitrogens with two attached hydrogens (primary N) is 1. The Morgan fingerprint density at radius 2 is 1.88 bits per heavy atom. The van der Waals surface area contributed by atoms with E-state index in [-0.39, 0.29) is 12.0 Å². The lowest BCUT2D eigenvalue weighted by Gasteiger charge is -2.36. The molecule has 1 aliphatic carbocycles. The van der Waals surface area contributed by atoms with Gasteiger partial charge in [-0.1, -0.05) is 20.3 Å². The average Bonchev–Trinajstić information content (AvgIpc) is 2.62. The van der Waals surface area contributed by atoms with E-state index in [1.165, 1.54) is 0 Å². The average molecular weight is 242 g/mol. The van der Waals surface area contributed by atoms with Gasteiger partial charge in [0.1, 0.15) is 0 Å². The monoisotopic (exact) mass is 242 g/mol. The molecule has 0 aromatic carbocycles. The maximum absolute atomic E-state index is 12.3. The smallest absolute Gasteiger partial charge is 0.227 e. The lowest BCUT2D eigenvalue weighted by molar-refractivity contribution is -0.135. The number of hydrogen-bond acceptors (Lipinski definition) is 3. The van der Waals surface area contributed by atoms with Crippen LogP contribution < -0.4 is 5.73 Å². The largest absolute Gasteiger partial charge is 0.340 e. The van der Waals surface area contributed by atoms with E-state index in [0.717, 1.165) is 32.4 Å². The van der Waals surface area contributed by atoms with Gasteiger partial charge < -0.3 is 10.6 Å². The van der Waals surface area contributed by atoms with Crippen molar-refractivity contribution in [3.05, 3.63) is 0 Å². The van der Waals surface area contributed by atoms with Gasteiger partial charge in [0, 0.05) is 29.6 Å². The third-order valence-corrected chi connectivity index (χ3v) is 4.85. The predicted octanol–water partition coefficient (Wildman–Crippen LogP) is 1.47. The van der Waals surface area contributed by atoms with Gasteiger partial charge in [-0.3, -0.25) is 4.79 Å². The van der Waals surface area contributed by atoms with Crippen molar-refractivity contribution >= 4 is 17.7 Å². The summed E-state index contributed by atoms with van der Waals surface area (Å²) in [4.78, 5) is 14.4. The van der Waals surface area contributed by atoms with Crippen LogP contribution in [0, 0.1) is 5.92 Å². The highest BCUT2D eigenvalue weighted by Crippen LogP contribution is 2.30. The van der Waals surface area contributed by atoms with Gasteiger partial charge >= 0.3 is 0 Å². The zero-order valence-electron chi connectivity index (χ0n) is 10.2. The van der Waals surface area contributed by atoms with E-state index in [2.05, 4.69) is 13.8 Å². The number of carbonyl (C=O) groups excluding carboxylic acids is 1. The Hall–Kier alpha value is -0.220. The normalized spacial score (nSPS) is 40.1. The molecule has 3 nitrogen and oxygen atoms in total. The summed E-state index contributed by atoms with van der Waals surface area (Å²) in [5, 5.41) is 1.12. The van der Waals surface area contributed by atoms with E-state index in [0.29, 0.717) is 16.4 Å². The van der Waals surface area contributed by atoms with Crippen LogP contribution in [-0.4, -0.2) is 40.4 Å². The SMILES string of the molecule is CC1CN(C(=O)C2CCCC2N)CC(C)S1. The van der Waals surface area contributed by atoms with E-state index in [1.54, 1.807) is 0 Å². The second-order valence-corrected chi connectivity index (χ2v) is 7.08. The van der Waals surface area contributed by atoms with Gasteiger partial charge in [-0.15, -0.1) is 0 Å². The Morgan fingerprint density at radius 1 is 1.25 bits per heavy atom. The molecule has 4 heteroatoms. The summed E-state index contributed by atoms with van der Waals surface area (Å²) in [6, 6.07) is 0.104. The van der Waals surface area contributed by atoms with Crippen molar-refractivity contribution in [2.24, 2.45) is 11.7 Å². The number of rotatable bonds is 1. The van der Waals surface area contributed by atoms with Crippen molar-refractivity contribution in [2.75, 3.05) is 13.1 Å². The topological polar surface area (TPSA) is 46.3 Å². The van der Waals surface area contributed by atoms with Crippen molar-refractivity contribution in [3.63, 3.8) is 0 Å². The molecule has 92 valence electrons. The van der Waals surface area contributed by atoms with Crippen LogP contribution in [-0.2, 0) is 4.79 Å². The van der Waals surface area contributed by atoms with Gasteiger partial charge in [0.25, 0.3) is 0 Å². The van der Waals surface area contributed by atoms with Gasteiger partial charge in [0.2, 0.25) is 5.91 Å². The summed E-state index contributed by atoms with van der Waals surface area (Å²) in [7, 11) is 0.